The van der Waals surface area contributed by atoms with E-state index in [9.17, 15) is 0 Å². The van der Waals surface area contributed by atoms with Gasteiger partial charge in [-0.2, -0.15) is 0 Å². The lowest BCUT2D eigenvalue weighted by Crippen LogP contribution is -2.46. The van der Waals surface area contributed by atoms with Gasteiger partial charge in [0.1, 0.15) is 0 Å². The van der Waals surface area contributed by atoms with Crippen molar-refractivity contribution in [1.29, 1.82) is 0 Å². The van der Waals surface area contributed by atoms with Crippen LogP contribution in [-0.2, 0) is 13.0 Å². The van der Waals surface area contributed by atoms with Gasteiger partial charge in [-0.05, 0) is 61.7 Å². The predicted octanol–water partition coefficient (Wildman–Crippen LogP) is 3.59. The molecule has 0 amide bonds. The number of aryl methyl sites for hydroxylation is 1. The monoisotopic (exact) mass is 286 g/mol. The van der Waals surface area contributed by atoms with Gasteiger partial charge in [0.25, 0.3) is 0 Å². The third-order valence-electron chi connectivity index (χ3n) is 5.80. The summed E-state index contributed by atoms with van der Waals surface area (Å²) < 4.78 is 0. The summed E-state index contributed by atoms with van der Waals surface area (Å²) in [5, 5.41) is 0. The first-order valence-corrected chi connectivity index (χ1v) is 8.82. The van der Waals surface area contributed by atoms with Gasteiger partial charge in [-0.3, -0.25) is 4.90 Å². The molecule has 0 bridgehead atoms. The highest BCUT2D eigenvalue weighted by molar-refractivity contribution is 5.28. The van der Waals surface area contributed by atoms with E-state index < -0.39 is 0 Å². The minimum Gasteiger partial charge on any atom is -0.330 e. The number of benzene rings is 1. The molecule has 116 valence electrons. The maximum atomic E-state index is 6.09. The maximum absolute atomic E-state index is 6.09. The van der Waals surface area contributed by atoms with Gasteiger partial charge < -0.3 is 5.73 Å². The van der Waals surface area contributed by atoms with Crippen molar-refractivity contribution in [1.82, 2.24) is 4.90 Å². The molecule has 21 heavy (non-hydrogen) atoms. The second kappa shape index (κ2) is 6.93. The van der Waals surface area contributed by atoms with Crippen LogP contribution in [0.4, 0.5) is 0 Å². The van der Waals surface area contributed by atoms with Gasteiger partial charge in [-0.15, -0.1) is 0 Å². The van der Waals surface area contributed by atoms with E-state index in [1.54, 1.807) is 11.1 Å². The summed E-state index contributed by atoms with van der Waals surface area (Å²) in [6.45, 7) is 5.58. The molecule has 0 aromatic heterocycles. The van der Waals surface area contributed by atoms with E-state index in [0.29, 0.717) is 12.0 Å². The van der Waals surface area contributed by atoms with Gasteiger partial charge in [0.15, 0.2) is 0 Å². The molecule has 2 N–H and O–H groups in total. The van der Waals surface area contributed by atoms with Crippen molar-refractivity contribution in [3.8, 4) is 0 Å². The first kappa shape index (κ1) is 15.1. The van der Waals surface area contributed by atoms with Crippen molar-refractivity contribution in [3.63, 3.8) is 0 Å². The molecule has 1 aliphatic carbocycles. The molecule has 3 atom stereocenters. The van der Waals surface area contributed by atoms with E-state index in [-0.39, 0.29) is 0 Å². The van der Waals surface area contributed by atoms with E-state index in [4.69, 9.17) is 5.73 Å². The topological polar surface area (TPSA) is 29.3 Å². The molecular formula is C19H30N2. The van der Waals surface area contributed by atoms with Crippen molar-refractivity contribution in [2.24, 2.45) is 17.6 Å². The van der Waals surface area contributed by atoms with Gasteiger partial charge in [0, 0.05) is 12.6 Å². The zero-order valence-electron chi connectivity index (χ0n) is 13.4. The van der Waals surface area contributed by atoms with Gasteiger partial charge in [0.2, 0.25) is 0 Å². The second-order valence-corrected chi connectivity index (χ2v) is 6.99. The van der Waals surface area contributed by atoms with Crippen molar-refractivity contribution in [2.75, 3.05) is 13.1 Å². The Morgan fingerprint density at radius 1 is 1.19 bits per heavy atom. The fraction of sp³-hybridized carbons (Fsp3) is 0.684. The average Bonchev–Trinajstić information content (AvgIpc) is 2.76. The molecular weight excluding hydrogens is 256 g/mol. The van der Waals surface area contributed by atoms with E-state index >= 15 is 0 Å². The standard InChI is InChI=1S/C19H30N2/c1-2-15-9-10-17(13-20)19(12-15)21-11-5-8-16-6-3-4-7-18(16)14-21/h3-4,6-7,15,17,19H,2,5,8-14,20H2,1H3. The van der Waals surface area contributed by atoms with E-state index in [0.717, 1.165) is 19.0 Å². The lowest BCUT2D eigenvalue weighted by atomic mass is 9.76. The molecule has 1 aliphatic heterocycles. The first-order valence-electron chi connectivity index (χ1n) is 8.82. The largest absolute Gasteiger partial charge is 0.330 e. The zero-order chi connectivity index (χ0) is 14.7. The summed E-state index contributed by atoms with van der Waals surface area (Å²) in [6, 6.07) is 9.73. The Morgan fingerprint density at radius 3 is 2.76 bits per heavy atom. The summed E-state index contributed by atoms with van der Waals surface area (Å²) in [4.78, 5) is 2.76. The molecule has 0 radical (unpaired) electrons. The van der Waals surface area contributed by atoms with Crippen LogP contribution in [0.5, 0.6) is 0 Å². The Labute approximate surface area is 129 Å². The van der Waals surface area contributed by atoms with Crippen LogP contribution in [0.1, 0.15) is 50.2 Å². The van der Waals surface area contributed by atoms with E-state index in [1.165, 1.54) is 45.1 Å². The maximum Gasteiger partial charge on any atom is 0.0239 e. The predicted molar refractivity (Wildman–Crippen MR) is 89.1 cm³/mol. The molecule has 3 rings (SSSR count). The summed E-state index contributed by atoms with van der Waals surface area (Å²) in [5.74, 6) is 1.62. The Kier molecular flexibility index (Phi) is 4.97. The Hall–Kier alpha value is -0.860. The lowest BCUT2D eigenvalue weighted by molar-refractivity contribution is 0.0754. The van der Waals surface area contributed by atoms with Crippen molar-refractivity contribution < 1.29 is 0 Å². The Balaban J connectivity index is 1.78. The summed E-state index contributed by atoms with van der Waals surface area (Å²) in [5.41, 5.74) is 9.20. The molecule has 1 fully saturated rings. The lowest BCUT2D eigenvalue weighted by Gasteiger charge is -2.42. The molecule has 1 aromatic carbocycles. The third kappa shape index (κ3) is 3.32. The number of nitrogens with two attached hydrogens (primary N) is 1. The van der Waals surface area contributed by atoms with Gasteiger partial charge in [0.05, 0.1) is 0 Å². The normalized spacial score (nSPS) is 30.7. The quantitative estimate of drug-likeness (QED) is 0.920. The Morgan fingerprint density at radius 2 is 2.00 bits per heavy atom. The van der Waals surface area contributed by atoms with Crippen molar-refractivity contribution in [3.05, 3.63) is 35.4 Å². The smallest absolute Gasteiger partial charge is 0.0239 e. The van der Waals surface area contributed by atoms with Crippen LogP contribution in [-0.4, -0.2) is 24.0 Å². The van der Waals surface area contributed by atoms with Crippen LogP contribution in [0, 0.1) is 11.8 Å². The van der Waals surface area contributed by atoms with Crippen molar-refractivity contribution >= 4 is 0 Å². The first-order chi connectivity index (χ1) is 10.3. The van der Waals surface area contributed by atoms with Gasteiger partial charge in [-0.1, -0.05) is 44.0 Å². The summed E-state index contributed by atoms with van der Waals surface area (Å²) in [6.07, 6.45) is 7.95. The average molecular weight is 286 g/mol. The van der Waals surface area contributed by atoms with Gasteiger partial charge >= 0.3 is 0 Å². The fourth-order valence-corrected chi connectivity index (χ4v) is 4.40. The molecule has 0 saturated heterocycles. The van der Waals surface area contributed by atoms with Crippen LogP contribution in [0.25, 0.3) is 0 Å². The minimum atomic E-state index is 0.707. The van der Waals surface area contributed by atoms with Crippen LogP contribution < -0.4 is 5.73 Å². The SMILES string of the molecule is CCC1CCC(CN)C(N2CCCc3ccccc3C2)C1. The summed E-state index contributed by atoms with van der Waals surface area (Å²) in [7, 11) is 0. The number of fused-ring (bicyclic) bond motifs is 1. The molecule has 1 aromatic rings. The second-order valence-electron chi connectivity index (χ2n) is 6.99. The highest BCUT2D eigenvalue weighted by atomic mass is 15.2. The number of hydrogen-bond acceptors (Lipinski definition) is 2. The highest BCUT2D eigenvalue weighted by Gasteiger charge is 2.33. The van der Waals surface area contributed by atoms with E-state index in [1.807, 2.05) is 0 Å². The number of rotatable bonds is 3. The minimum absolute atomic E-state index is 0.707. The third-order valence-corrected chi connectivity index (χ3v) is 5.80. The van der Waals surface area contributed by atoms with Gasteiger partial charge in [-0.25, -0.2) is 0 Å². The fourth-order valence-electron chi connectivity index (χ4n) is 4.40. The molecule has 2 nitrogen and oxygen atoms in total. The van der Waals surface area contributed by atoms with Crippen LogP contribution in [0.2, 0.25) is 0 Å². The summed E-state index contributed by atoms with van der Waals surface area (Å²) >= 11 is 0. The molecule has 2 heteroatoms. The molecule has 3 unspecified atom stereocenters. The van der Waals surface area contributed by atoms with Crippen LogP contribution in [0.15, 0.2) is 24.3 Å². The van der Waals surface area contributed by atoms with Crippen LogP contribution >= 0.6 is 0 Å². The molecule has 1 saturated carbocycles. The van der Waals surface area contributed by atoms with E-state index in [2.05, 4.69) is 36.1 Å². The molecule has 0 spiro atoms. The Bertz CT molecular complexity index is 457. The molecule has 2 aliphatic rings. The van der Waals surface area contributed by atoms with Crippen LogP contribution in [0.3, 0.4) is 0 Å². The highest BCUT2D eigenvalue weighted by Crippen LogP contribution is 2.35. The number of hydrogen-bond donors (Lipinski definition) is 1. The van der Waals surface area contributed by atoms with Crippen molar-refractivity contribution in [2.45, 2.75) is 58.0 Å². The molecule has 1 heterocycles. The number of nitrogens with zero attached hydrogens (tertiary/aromatic N) is 1. The zero-order valence-corrected chi connectivity index (χ0v) is 13.4.